The number of methoxy groups -OCH3 is 3. The van der Waals surface area contributed by atoms with Crippen LogP contribution in [0, 0.1) is 0 Å². The van der Waals surface area contributed by atoms with E-state index in [0.717, 1.165) is 36.7 Å². The molecule has 11 heteroatoms. The lowest BCUT2D eigenvalue weighted by Crippen LogP contribution is -2.25. The Labute approximate surface area is 277 Å². The highest BCUT2D eigenvalue weighted by atomic mass is 16.5. The van der Waals surface area contributed by atoms with E-state index in [4.69, 9.17) is 18.6 Å². The number of carbonyl (C=O) groups excluding carboxylic acids is 2. The predicted molar refractivity (Wildman–Crippen MR) is 184 cm³/mol. The summed E-state index contributed by atoms with van der Waals surface area (Å²) >= 11 is 0. The molecule has 0 bridgehead atoms. The van der Waals surface area contributed by atoms with Crippen molar-refractivity contribution in [2.24, 2.45) is 0 Å². The van der Waals surface area contributed by atoms with E-state index < -0.39 is 11.8 Å². The zero-order valence-electron chi connectivity index (χ0n) is 27.2. The first-order valence-electron chi connectivity index (χ1n) is 15.3. The third-order valence-corrected chi connectivity index (χ3v) is 7.90. The van der Waals surface area contributed by atoms with Crippen molar-refractivity contribution in [2.75, 3.05) is 45.1 Å². The van der Waals surface area contributed by atoms with Gasteiger partial charge in [-0.3, -0.25) is 19.3 Å². The van der Waals surface area contributed by atoms with Crippen molar-refractivity contribution in [3.05, 3.63) is 118 Å². The van der Waals surface area contributed by atoms with Gasteiger partial charge in [0.25, 0.3) is 11.8 Å². The minimum absolute atomic E-state index is 0.108. The molecule has 48 heavy (non-hydrogen) atoms. The first-order chi connectivity index (χ1) is 23.2. The molecule has 0 aliphatic rings. The molecule has 0 fully saturated rings. The molecule has 0 aliphatic heterocycles. The monoisotopic (exact) mass is 651 g/mol. The highest BCUT2D eigenvalue weighted by molar-refractivity contribution is 6.12. The average molecular weight is 652 g/mol. The second-order valence-electron chi connectivity index (χ2n) is 11.0. The fourth-order valence-electron chi connectivity index (χ4n) is 5.25. The molecule has 0 spiro atoms. The lowest BCUT2D eigenvalue weighted by Gasteiger charge is -2.21. The van der Waals surface area contributed by atoms with E-state index in [9.17, 15) is 19.5 Å². The zero-order valence-corrected chi connectivity index (χ0v) is 27.2. The standard InChI is InChI=1S/C37H37N3O8/c1-5-40(22-24-12-15-32(45-2)30(42)18-24)17-16-23-10-13-25(14-11-23)38-36(43)27-19-33(46-3)34(47-4)20-28(27)39-37(44)35-21-29(41)26-8-6-7-9-31(26)48-35/h6-15,18-21,42H,5,16-17,22H2,1-4H3,(H,38,43)(H,39,44). The molecule has 1 aromatic heterocycles. The summed E-state index contributed by atoms with van der Waals surface area (Å²) in [5.74, 6) is -0.287. The maximum atomic E-state index is 13.6. The summed E-state index contributed by atoms with van der Waals surface area (Å²) in [5.41, 5.74) is 2.77. The molecule has 0 radical (unpaired) electrons. The van der Waals surface area contributed by atoms with Gasteiger partial charge < -0.3 is 34.4 Å². The number of likely N-dealkylation sites (N-methyl/N-ethyl adjacent to an activating group) is 1. The molecule has 1 heterocycles. The van der Waals surface area contributed by atoms with Gasteiger partial charge in [-0.2, -0.15) is 0 Å². The van der Waals surface area contributed by atoms with Gasteiger partial charge in [0.15, 0.2) is 34.2 Å². The van der Waals surface area contributed by atoms with Gasteiger partial charge in [-0.15, -0.1) is 0 Å². The number of benzene rings is 4. The van der Waals surface area contributed by atoms with Crippen LogP contribution in [0.15, 0.2) is 94.1 Å². The third-order valence-electron chi connectivity index (χ3n) is 7.90. The molecule has 0 atom stereocenters. The number of para-hydroxylation sites is 1. The fourth-order valence-corrected chi connectivity index (χ4v) is 5.25. The van der Waals surface area contributed by atoms with E-state index in [-0.39, 0.29) is 33.8 Å². The number of nitrogens with zero attached hydrogens (tertiary/aromatic N) is 1. The summed E-state index contributed by atoms with van der Waals surface area (Å²) in [7, 11) is 4.41. The van der Waals surface area contributed by atoms with Crippen LogP contribution in [-0.2, 0) is 13.0 Å². The number of aromatic hydroxyl groups is 1. The number of rotatable bonds is 13. The van der Waals surface area contributed by atoms with Crippen LogP contribution in [0.25, 0.3) is 11.0 Å². The summed E-state index contributed by atoms with van der Waals surface area (Å²) in [5, 5.41) is 16.0. The number of phenols is 1. The quantitative estimate of drug-likeness (QED) is 0.138. The van der Waals surface area contributed by atoms with Crippen molar-refractivity contribution in [1.82, 2.24) is 4.90 Å². The first-order valence-corrected chi connectivity index (χ1v) is 15.3. The Balaban J connectivity index is 1.28. The Hall–Kier alpha value is -5.81. The van der Waals surface area contributed by atoms with E-state index in [1.165, 1.54) is 33.5 Å². The van der Waals surface area contributed by atoms with Crippen LogP contribution >= 0.6 is 0 Å². The van der Waals surface area contributed by atoms with Crippen molar-refractivity contribution in [1.29, 1.82) is 0 Å². The Bertz CT molecular complexity index is 1990. The van der Waals surface area contributed by atoms with Gasteiger partial charge in [-0.05, 0) is 66.6 Å². The second kappa shape index (κ2) is 15.2. The summed E-state index contributed by atoms with van der Waals surface area (Å²) in [4.78, 5) is 41.7. The van der Waals surface area contributed by atoms with Crippen LogP contribution in [-0.4, -0.2) is 56.2 Å². The minimum atomic E-state index is -0.714. The topological polar surface area (TPSA) is 140 Å². The van der Waals surface area contributed by atoms with Crippen LogP contribution in [0.5, 0.6) is 23.0 Å². The SMILES string of the molecule is CCN(CCc1ccc(NC(=O)c2cc(OC)c(OC)cc2NC(=O)c2cc(=O)c3ccccc3o2)cc1)Cc1ccc(OC)c(O)c1. The Morgan fingerprint density at radius 3 is 2.17 bits per heavy atom. The number of phenolic OH excluding ortho intramolecular Hbond substituents is 1. The number of fused-ring (bicyclic) bond motifs is 1. The van der Waals surface area contributed by atoms with Gasteiger partial charge >= 0.3 is 0 Å². The third kappa shape index (κ3) is 7.76. The number of hydrogen-bond acceptors (Lipinski definition) is 9. The van der Waals surface area contributed by atoms with Crippen LogP contribution in [0.1, 0.15) is 39.0 Å². The van der Waals surface area contributed by atoms with Gasteiger partial charge in [0.05, 0.1) is 38.0 Å². The fraction of sp³-hybridized carbons (Fsp3) is 0.216. The molecule has 11 nitrogen and oxygen atoms in total. The minimum Gasteiger partial charge on any atom is -0.504 e. The lowest BCUT2D eigenvalue weighted by molar-refractivity contribution is 0.0997. The van der Waals surface area contributed by atoms with Crippen LogP contribution in [0.2, 0.25) is 0 Å². The average Bonchev–Trinajstić information content (AvgIpc) is 3.10. The summed E-state index contributed by atoms with van der Waals surface area (Å²) in [6.45, 7) is 4.39. The number of ether oxygens (including phenoxy) is 3. The largest absolute Gasteiger partial charge is 0.504 e. The first kappa shape index (κ1) is 33.6. The number of nitrogens with one attached hydrogen (secondary N) is 2. The van der Waals surface area contributed by atoms with Gasteiger partial charge in [-0.1, -0.05) is 37.3 Å². The smallest absolute Gasteiger partial charge is 0.291 e. The molecule has 5 rings (SSSR count). The molecule has 2 amide bonds. The van der Waals surface area contributed by atoms with Crippen molar-refractivity contribution >= 4 is 34.2 Å². The van der Waals surface area contributed by atoms with Crippen LogP contribution in [0.3, 0.4) is 0 Å². The normalized spacial score (nSPS) is 10.9. The summed E-state index contributed by atoms with van der Waals surface area (Å²) in [6, 6.07) is 23.6. The lowest BCUT2D eigenvalue weighted by atomic mass is 10.1. The predicted octanol–water partition coefficient (Wildman–Crippen LogP) is 6.09. The van der Waals surface area contributed by atoms with Gasteiger partial charge in [-0.25, -0.2) is 0 Å². The van der Waals surface area contributed by atoms with E-state index in [1.807, 2.05) is 30.3 Å². The maximum absolute atomic E-state index is 13.6. The Morgan fingerprint density at radius 1 is 0.792 bits per heavy atom. The molecule has 0 saturated heterocycles. The maximum Gasteiger partial charge on any atom is 0.291 e. The highest BCUT2D eigenvalue weighted by Crippen LogP contribution is 2.34. The number of amides is 2. The summed E-state index contributed by atoms with van der Waals surface area (Å²) < 4.78 is 21.6. The molecule has 5 aromatic rings. The molecular formula is C37H37N3O8. The van der Waals surface area contributed by atoms with E-state index in [2.05, 4.69) is 22.5 Å². The Kier molecular flexibility index (Phi) is 10.6. The number of carbonyl (C=O) groups is 2. The van der Waals surface area contributed by atoms with E-state index >= 15 is 0 Å². The zero-order chi connectivity index (χ0) is 34.2. The van der Waals surface area contributed by atoms with Gasteiger partial charge in [0.2, 0.25) is 0 Å². The van der Waals surface area contributed by atoms with Crippen molar-refractivity contribution in [2.45, 2.75) is 19.9 Å². The van der Waals surface area contributed by atoms with E-state index in [1.54, 1.807) is 36.4 Å². The van der Waals surface area contributed by atoms with Crippen LogP contribution in [0.4, 0.5) is 11.4 Å². The number of hydrogen-bond donors (Lipinski definition) is 3. The second-order valence-corrected chi connectivity index (χ2v) is 11.0. The summed E-state index contributed by atoms with van der Waals surface area (Å²) in [6.07, 6.45) is 0.779. The molecular weight excluding hydrogens is 614 g/mol. The molecule has 0 unspecified atom stereocenters. The van der Waals surface area contributed by atoms with Gasteiger partial charge in [0.1, 0.15) is 5.58 Å². The molecule has 248 valence electrons. The van der Waals surface area contributed by atoms with Gasteiger partial charge in [0, 0.05) is 30.9 Å². The van der Waals surface area contributed by atoms with Crippen LogP contribution < -0.4 is 30.3 Å². The van der Waals surface area contributed by atoms with Crippen molar-refractivity contribution in [3.63, 3.8) is 0 Å². The van der Waals surface area contributed by atoms with Crippen molar-refractivity contribution < 1.29 is 33.3 Å². The molecule has 3 N–H and O–H groups in total. The van der Waals surface area contributed by atoms with Crippen molar-refractivity contribution in [3.8, 4) is 23.0 Å². The number of anilines is 2. The Morgan fingerprint density at radius 2 is 1.48 bits per heavy atom. The molecule has 4 aromatic carbocycles. The molecule has 0 aliphatic carbocycles. The van der Waals surface area contributed by atoms with E-state index in [0.29, 0.717) is 34.9 Å². The highest BCUT2D eigenvalue weighted by Gasteiger charge is 2.21. The molecule has 0 saturated carbocycles.